The lowest BCUT2D eigenvalue weighted by atomic mass is 9.97. The molecular formula is C14H21BrO. The van der Waals surface area contributed by atoms with Gasteiger partial charge in [-0.2, -0.15) is 0 Å². The van der Waals surface area contributed by atoms with Gasteiger partial charge >= 0.3 is 0 Å². The molecule has 0 saturated carbocycles. The number of hydrogen-bond acceptors (Lipinski definition) is 1. The zero-order valence-corrected chi connectivity index (χ0v) is 11.9. The number of hydrogen-bond donors (Lipinski definition) is 1. The van der Waals surface area contributed by atoms with E-state index in [1.54, 1.807) is 0 Å². The van der Waals surface area contributed by atoms with Crippen LogP contribution in [0.2, 0.25) is 0 Å². The highest BCUT2D eigenvalue weighted by molar-refractivity contribution is 9.10. The van der Waals surface area contributed by atoms with Crippen molar-refractivity contribution in [3.05, 3.63) is 33.8 Å². The normalized spacial score (nSPS) is 13.1. The highest BCUT2D eigenvalue weighted by Crippen LogP contribution is 2.25. The van der Waals surface area contributed by atoms with E-state index in [2.05, 4.69) is 35.8 Å². The van der Waals surface area contributed by atoms with Crippen molar-refractivity contribution in [2.75, 3.05) is 0 Å². The molecule has 0 radical (unpaired) electrons. The summed E-state index contributed by atoms with van der Waals surface area (Å²) in [5.74, 6) is 0.721. The molecule has 1 rings (SSSR count). The first-order chi connectivity index (χ1) is 7.50. The molecule has 16 heavy (non-hydrogen) atoms. The first kappa shape index (κ1) is 13.7. The van der Waals surface area contributed by atoms with Crippen molar-refractivity contribution in [3.63, 3.8) is 0 Å². The molecule has 1 atom stereocenters. The standard InChI is InChI=1S/C14H21BrO/c1-10(2)5-4-6-14(16)13-8-7-12(15)9-11(13)3/h7-10,14,16H,4-6H2,1-3H3. The third kappa shape index (κ3) is 4.26. The van der Waals surface area contributed by atoms with Crippen molar-refractivity contribution in [3.8, 4) is 0 Å². The second-order valence-corrected chi connectivity index (χ2v) is 5.76. The van der Waals surface area contributed by atoms with Gasteiger partial charge in [0.15, 0.2) is 0 Å². The lowest BCUT2D eigenvalue weighted by Crippen LogP contribution is -2.01. The van der Waals surface area contributed by atoms with E-state index in [0.29, 0.717) is 0 Å². The molecule has 1 nitrogen and oxygen atoms in total. The van der Waals surface area contributed by atoms with Crippen molar-refractivity contribution in [2.45, 2.75) is 46.1 Å². The Morgan fingerprint density at radius 1 is 1.25 bits per heavy atom. The van der Waals surface area contributed by atoms with Gasteiger partial charge in [0.1, 0.15) is 0 Å². The molecule has 0 heterocycles. The van der Waals surface area contributed by atoms with Crippen LogP contribution in [0, 0.1) is 12.8 Å². The fourth-order valence-corrected chi connectivity index (χ4v) is 2.36. The van der Waals surface area contributed by atoms with Gasteiger partial charge in [0.05, 0.1) is 6.10 Å². The Bertz CT molecular complexity index is 334. The van der Waals surface area contributed by atoms with E-state index < -0.39 is 0 Å². The zero-order valence-electron chi connectivity index (χ0n) is 10.3. The van der Waals surface area contributed by atoms with Crippen molar-refractivity contribution in [1.29, 1.82) is 0 Å². The molecule has 0 aliphatic carbocycles. The molecule has 1 aromatic carbocycles. The Balaban J connectivity index is 2.55. The lowest BCUT2D eigenvalue weighted by Gasteiger charge is -2.14. The predicted octanol–water partition coefficient (Wildman–Crippen LogP) is 4.62. The molecule has 1 aromatic rings. The average Bonchev–Trinajstić information content (AvgIpc) is 2.16. The molecule has 0 amide bonds. The fourth-order valence-electron chi connectivity index (χ4n) is 1.89. The lowest BCUT2D eigenvalue weighted by molar-refractivity contribution is 0.161. The second kappa shape index (κ2) is 6.41. The quantitative estimate of drug-likeness (QED) is 0.837. The van der Waals surface area contributed by atoms with Crippen LogP contribution < -0.4 is 0 Å². The molecule has 1 N–H and O–H groups in total. The number of aliphatic hydroxyl groups is 1. The van der Waals surface area contributed by atoms with Crippen LogP contribution in [-0.4, -0.2) is 5.11 Å². The minimum Gasteiger partial charge on any atom is -0.388 e. The molecule has 0 aromatic heterocycles. The molecule has 0 aliphatic heterocycles. The van der Waals surface area contributed by atoms with Crippen LogP contribution in [0.1, 0.15) is 50.3 Å². The Morgan fingerprint density at radius 2 is 1.94 bits per heavy atom. The van der Waals surface area contributed by atoms with E-state index >= 15 is 0 Å². The van der Waals surface area contributed by atoms with Crippen molar-refractivity contribution in [2.24, 2.45) is 5.92 Å². The number of halogens is 1. The third-order valence-electron chi connectivity index (χ3n) is 2.85. The molecule has 0 fully saturated rings. The van der Waals surface area contributed by atoms with Crippen molar-refractivity contribution in [1.82, 2.24) is 0 Å². The van der Waals surface area contributed by atoms with Gasteiger partial charge in [-0.3, -0.25) is 0 Å². The number of benzene rings is 1. The van der Waals surface area contributed by atoms with E-state index in [-0.39, 0.29) is 6.10 Å². The van der Waals surface area contributed by atoms with Gasteiger partial charge in [-0.15, -0.1) is 0 Å². The smallest absolute Gasteiger partial charge is 0.0792 e. The fraction of sp³-hybridized carbons (Fsp3) is 0.571. The van der Waals surface area contributed by atoms with E-state index in [1.807, 2.05) is 19.1 Å². The molecule has 90 valence electrons. The SMILES string of the molecule is Cc1cc(Br)ccc1C(O)CCCC(C)C. The summed E-state index contributed by atoms with van der Waals surface area (Å²) in [5, 5.41) is 10.1. The minimum atomic E-state index is -0.313. The van der Waals surface area contributed by atoms with Gasteiger partial charge < -0.3 is 5.11 Å². The van der Waals surface area contributed by atoms with Crippen LogP contribution in [0.5, 0.6) is 0 Å². The van der Waals surface area contributed by atoms with Crippen LogP contribution >= 0.6 is 15.9 Å². The minimum absolute atomic E-state index is 0.313. The first-order valence-electron chi connectivity index (χ1n) is 5.95. The van der Waals surface area contributed by atoms with Gasteiger partial charge in [-0.05, 0) is 42.5 Å². The zero-order chi connectivity index (χ0) is 12.1. The van der Waals surface area contributed by atoms with Crippen LogP contribution in [-0.2, 0) is 0 Å². The van der Waals surface area contributed by atoms with Crippen LogP contribution in [0.15, 0.2) is 22.7 Å². The van der Waals surface area contributed by atoms with E-state index in [1.165, 1.54) is 6.42 Å². The van der Waals surface area contributed by atoms with Crippen LogP contribution in [0.25, 0.3) is 0 Å². The summed E-state index contributed by atoms with van der Waals surface area (Å²) in [7, 11) is 0. The summed E-state index contributed by atoms with van der Waals surface area (Å²) in [6.45, 7) is 6.49. The van der Waals surface area contributed by atoms with Crippen LogP contribution in [0.4, 0.5) is 0 Å². The van der Waals surface area contributed by atoms with E-state index in [4.69, 9.17) is 0 Å². The molecular weight excluding hydrogens is 264 g/mol. The Labute approximate surface area is 107 Å². The molecule has 2 heteroatoms. The number of aliphatic hydroxyl groups excluding tert-OH is 1. The van der Waals surface area contributed by atoms with Gasteiger partial charge in [-0.25, -0.2) is 0 Å². The summed E-state index contributed by atoms with van der Waals surface area (Å²) in [6.07, 6.45) is 2.83. The molecule has 0 saturated heterocycles. The topological polar surface area (TPSA) is 20.2 Å². The third-order valence-corrected chi connectivity index (χ3v) is 3.34. The molecule has 0 spiro atoms. The first-order valence-corrected chi connectivity index (χ1v) is 6.74. The van der Waals surface area contributed by atoms with Gasteiger partial charge in [0.25, 0.3) is 0 Å². The Kier molecular flexibility index (Phi) is 5.50. The number of rotatable bonds is 5. The maximum absolute atomic E-state index is 10.1. The average molecular weight is 285 g/mol. The molecule has 0 bridgehead atoms. The number of aryl methyl sites for hydroxylation is 1. The summed E-state index contributed by atoms with van der Waals surface area (Å²) < 4.78 is 1.07. The van der Waals surface area contributed by atoms with E-state index in [9.17, 15) is 5.11 Å². The molecule has 0 aliphatic rings. The Hall–Kier alpha value is -0.340. The van der Waals surface area contributed by atoms with Crippen molar-refractivity contribution < 1.29 is 5.11 Å². The monoisotopic (exact) mass is 284 g/mol. The van der Waals surface area contributed by atoms with E-state index in [0.717, 1.165) is 34.4 Å². The summed E-state index contributed by atoms with van der Waals surface area (Å²) in [6, 6.07) is 6.06. The molecule has 1 unspecified atom stereocenters. The summed E-state index contributed by atoms with van der Waals surface area (Å²) >= 11 is 3.44. The highest BCUT2D eigenvalue weighted by Gasteiger charge is 2.10. The largest absolute Gasteiger partial charge is 0.388 e. The predicted molar refractivity (Wildman–Crippen MR) is 72.5 cm³/mol. The van der Waals surface area contributed by atoms with Crippen LogP contribution in [0.3, 0.4) is 0 Å². The van der Waals surface area contributed by atoms with Gasteiger partial charge in [0, 0.05) is 4.47 Å². The Morgan fingerprint density at radius 3 is 2.50 bits per heavy atom. The maximum Gasteiger partial charge on any atom is 0.0792 e. The van der Waals surface area contributed by atoms with Gasteiger partial charge in [-0.1, -0.05) is 48.7 Å². The maximum atomic E-state index is 10.1. The second-order valence-electron chi connectivity index (χ2n) is 4.84. The van der Waals surface area contributed by atoms with Gasteiger partial charge in [0.2, 0.25) is 0 Å². The summed E-state index contributed by atoms with van der Waals surface area (Å²) in [5.41, 5.74) is 2.22. The highest BCUT2D eigenvalue weighted by atomic mass is 79.9. The van der Waals surface area contributed by atoms with Crippen molar-refractivity contribution >= 4 is 15.9 Å². The summed E-state index contributed by atoms with van der Waals surface area (Å²) in [4.78, 5) is 0.